The molecule has 7 nitrogen and oxygen atoms in total. The maximum Gasteiger partial charge on any atom is 0.334 e. The highest BCUT2D eigenvalue weighted by molar-refractivity contribution is 5.77. The van der Waals surface area contributed by atoms with Crippen molar-refractivity contribution in [2.75, 3.05) is 26.7 Å². The maximum absolute atomic E-state index is 11.7. The molecule has 2 atom stereocenters. The van der Waals surface area contributed by atoms with Crippen molar-refractivity contribution in [1.82, 2.24) is 10.2 Å². The van der Waals surface area contributed by atoms with Crippen LogP contribution in [0, 0.1) is 0 Å². The number of nitrogens with one attached hydrogen (secondary N) is 1. The average Bonchev–Trinajstić information content (AvgIpc) is 2.29. The third-order valence-corrected chi connectivity index (χ3v) is 2.74. The van der Waals surface area contributed by atoms with E-state index in [1.807, 2.05) is 0 Å². The zero-order chi connectivity index (χ0) is 12.8. The topological polar surface area (TPSA) is 105 Å². The molecule has 0 aliphatic carbocycles. The summed E-state index contributed by atoms with van der Waals surface area (Å²) in [7, 11) is 1.29. The van der Waals surface area contributed by atoms with Crippen molar-refractivity contribution in [2.45, 2.75) is 25.0 Å². The van der Waals surface area contributed by atoms with Crippen LogP contribution in [0.5, 0.6) is 0 Å². The summed E-state index contributed by atoms with van der Waals surface area (Å²) in [5, 5.41) is 11.3. The minimum Gasteiger partial charge on any atom is -0.479 e. The number of carbonyl (C=O) groups is 2. The highest BCUT2D eigenvalue weighted by atomic mass is 16.5. The van der Waals surface area contributed by atoms with E-state index in [1.165, 1.54) is 7.11 Å². The van der Waals surface area contributed by atoms with E-state index in [2.05, 4.69) is 5.32 Å². The van der Waals surface area contributed by atoms with E-state index < -0.39 is 12.1 Å². The molecule has 1 saturated heterocycles. The Bertz CT molecular complexity index is 285. The van der Waals surface area contributed by atoms with Gasteiger partial charge in [0, 0.05) is 26.2 Å². The summed E-state index contributed by atoms with van der Waals surface area (Å²) in [6.07, 6.45) is 0.776. The molecule has 0 spiro atoms. The van der Waals surface area contributed by atoms with E-state index in [4.69, 9.17) is 15.6 Å². The normalized spacial score (nSPS) is 22.0. The molecule has 0 radical (unpaired) electrons. The number of rotatable bonds is 4. The number of carboxylic acid groups (broad SMARTS) is 1. The van der Waals surface area contributed by atoms with Crippen LogP contribution in [-0.2, 0) is 9.53 Å². The van der Waals surface area contributed by atoms with E-state index in [0.717, 1.165) is 12.8 Å². The number of amides is 2. The lowest BCUT2D eigenvalue weighted by Gasteiger charge is -2.31. The third-order valence-electron chi connectivity index (χ3n) is 2.74. The van der Waals surface area contributed by atoms with Crippen LogP contribution in [0.15, 0.2) is 0 Å². The Kier molecular flexibility index (Phi) is 5.17. The molecule has 0 aromatic heterocycles. The van der Waals surface area contributed by atoms with Crippen LogP contribution in [0.25, 0.3) is 0 Å². The summed E-state index contributed by atoms with van der Waals surface area (Å²) in [5.41, 5.74) is 5.75. The van der Waals surface area contributed by atoms with Crippen LogP contribution < -0.4 is 11.1 Å². The molecule has 4 N–H and O–H groups in total. The summed E-state index contributed by atoms with van der Waals surface area (Å²) >= 11 is 0. The Labute approximate surface area is 99.9 Å². The van der Waals surface area contributed by atoms with E-state index in [9.17, 15) is 9.59 Å². The molecular weight excluding hydrogens is 226 g/mol. The number of likely N-dealkylation sites (tertiary alicyclic amines) is 1. The molecule has 1 heterocycles. The summed E-state index contributed by atoms with van der Waals surface area (Å²) < 4.78 is 4.71. The van der Waals surface area contributed by atoms with Gasteiger partial charge in [0.2, 0.25) is 0 Å². The van der Waals surface area contributed by atoms with E-state index in [-0.39, 0.29) is 18.6 Å². The molecule has 2 unspecified atom stereocenters. The third kappa shape index (κ3) is 4.20. The monoisotopic (exact) mass is 245 g/mol. The smallest absolute Gasteiger partial charge is 0.334 e. The maximum atomic E-state index is 11.7. The second-order valence-corrected chi connectivity index (χ2v) is 4.10. The van der Waals surface area contributed by atoms with Crippen LogP contribution in [0.4, 0.5) is 4.79 Å². The van der Waals surface area contributed by atoms with Gasteiger partial charge in [-0.15, -0.1) is 0 Å². The molecule has 98 valence electrons. The zero-order valence-electron chi connectivity index (χ0n) is 9.89. The lowest BCUT2D eigenvalue weighted by molar-refractivity contribution is -0.148. The number of ether oxygens (including phenoxy) is 1. The number of nitrogens with two attached hydrogens (primary N) is 1. The first kappa shape index (κ1) is 13.7. The van der Waals surface area contributed by atoms with Gasteiger partial charge in [0.25, 0.3) is 0 Å². The number of methoxy groups -OCH3 is 1. The van der Waals surface area contributed by atoms with Crippen molar-refractivity contribution in [1.29, 1.82) is 0 Å². The second-order valence-electron chi connectivity index (χ2n) is 4.10. The molecule has 0 aromatic rings. The highest BCUT2D eigenvalue weighted by Crippen LogP contribution is 2.07. The van der Waals surface area contributed by atoms with Gasteiger partial charge < -0.3 is 25.8 Å². The van der Waals surface area contributed by atoms with Gasteiger partial charge in [-0.25, -0.2) is 9.59 Å². The zero-order valence-corrected chi connectivity index (χ0v) is 9.89. The number of hydrogen-bond acceptors (Lipinski definition) is 4. The van der Waals surface area contributed by atoms with Crippen molar-refractivity contribution in [3.63, 3.8) is 0 Å². The molecule has 0 bridgehead atoms. The predicted molar refractivity (Wildman–Crippen MR) is 60.6 cm³/mol. The van der Waals surface area contributed by atoms with Crippen LogP contribution in [0.1, 0.15) is 12.8 Å². The fourth-order valence-corrected chi connectivity index (χ4v) is 1.76. The fraction of sp³-hybridized carbons (Fsp3) is 0.800. The lowest BCUT2D eigenvalue weighted by Crippen LogP contribution is -2.51. The van der Waals surface area contributed by atoms with Crippen molar-refractivity contribution >= 4 is 12.0 Å². The number of piperidine rings is 1. The van der Waals surface area contributed by atoms with Gasteiger partial charge in [-0.3, -0.25) is 0 Å². The molecule has 1 aliphatic rings. The second kappa shape index (κ2) is 6.41. The molecular formula is C10H19N3O4. The summed E-state index contributed by atoms with van der Waals surface area (Å²) in [6.45, 7) is 1.12. The lowest BCUT2D eigenvalue weighted by atomic mass is 10.1. The largest absolute Gasteiger partial charge is 0.479 e. The number of hydrogen-bond donors (Lipinski definition) is 3. The summed E-state index contributed by atoms with van der Waals surface area (Å²) in [6, 6.07) is -0.282. The van der Waals surface area contributed by atoms with Gasteiger partial charge in [0.05, 0.1) is 6.54 Å². The number of nitrogens with zero attached hydrogens (tertiary/aromatic N) is 1. The fourth-order valence-electron chi connectivity index (χ4n) is 1.76. The van der Waals surface area contributed by atoms with Gasteiger partial charge in [-0.05, 0) is 12.8 Å². The number of urea groups is 1. The molecule has 1 fully saturated rings. The van der Waals surface area contributed by atoms with Crippen LogP contribution in [0.3, 0.4) is 0 Å². The Morgan fingerprint density at radius 3 is 2.88 bits per heavy atom. The van der Waals surface area contributed by atoms with Crippen molar-refractivity contribution in [3.8, 4) is 0 Å². The van der Waals surface area contributed by atoms with E-state index in [0.29, 0.717) is 13.1 Å². The van der Waals surface area contributed by atoms with Crippen molar-refractivity contribution in [3.05, 3.63) is 0 Å². The van der Waals surface area contributed by atoms with Gasteiger partial charge in [0.1, 0.15) is 0 Å². The first-order valence-electron chi connectivity index (χ1n) is 5.58. The standard InChI is InChI=1S/C10H19N3O4/c1-17-8(9(14)15)5-12-10(16)13-4-2-3-7(11)6-13/h7-8H,2-6,11H2,1H3,(H,12,16)(H,14,15). The SMILES string of the molecule is COC(CNC(=O)N1CCCC(N)C1)C(=O)O. The average molecular weight is 245 g/mol. The van der Waals surface area contributed by atoms with Gasteiger partial charge in [-0.1, -0.05) is 0 Å². The van der Waals surface area contributed by atoms with Gasteiger partial charge in [0.15, 0.2) is 6.10 Å². The quantitative estimate of drug-likeness (QED) is 0.602. The predicted octanol–water partition coefficient (Wildman–Crippen LogP) is -0.781. The van der Waals surface area contributed by atoms with Crippen LogP contribution >= 0.6 is 0 Å². The van der Waals surface area contributed by atoms with Crippen molar-refractivity contribution < 1.29 is 19.4 Å². The Hall–Kier alpha value is -1.34. The van der Waals surface area contributed by atoms with Crippen LogP contribution in [-0.4, -0.2) is 60.9 Å². The Morgan fingerprint density at radius 2 is 2.35 bits per heavy atom. The number of carbonyl (C=O) groups excluding carboxylic acids is 1. The highest BCUT2D eigenvalue weighted by Gasteiger charge is 2.23. The number of aliphatic carboxylic acids is 1. The van der Waals surface area contributed by atoms with Gasteiger partial charge >= 0.3 is 12.0 Å². The van der Waals surface area contributed by atoms with Crippen molar-refractivity contribution in [2.24, 2.45) is 5.73 Å². The minimum atomic E-state index is -1.09. The van der Waals surface area contributed by atoms with Crippen LogP contribution in [0.2, 0.25) is 0 Å². The van der Waals surface area contributed by atoms with Gasteiger partial charge in [-0.2, -0.15) is 0 Å². The Morgan fingerprint density at radius 1 is 1.65 bits per heavy atom. The minimum absolute atomic E-state index is 0.00666. The molecule has 17 heavy (non-hydrogen) atoms. The summed E-state index contributed by atoms with van der Waals surface area (Å²) in [5.74, 6) is -1.09. The molecule has 0 saturated carbocycles. The van der Waals surface area contributed by atoms with E-state index in [1.54, 1.807) is 4.90 Å². The molecule has 1 rings (SSSR count). The summed E-state index contributed by atoms with van der Waals surface area (Å²) in [4.78, 5) is 24.0. The molecule has 0 aromatic carbocycles. The Balaban J connectivity index is 2.35. The first-order chi connectivity index (χ1) is 8.04. The number of carboxylic acids is 1. The van der Waals surface area contributed by atoms with E-state index >= 15 is 0 Å². The first-order valence-corrected chi connectivity index (χ1v) is 5.58. The molecule has 1 aliphatic heterocycles. The molecule has 7 heteroatoms. The molecule has 2 amide bonds.